The van der Waals surface area contributed by atoms with Crippen LogP contribution in [0.15, 0.2) is 23.8 Å². The minimum Gasteiger partial charge on any atom is -0.392 e. The van der Waals surface area contributed by atoms with Gasteiger partial charge in [0.05, 0.1) is 12.2 Å². The maximum absolute atomic E-state index is 10.4. The second kappa shape index (κ2) is 11.3. The molecule has 2 aliphatic rings. The summed E-state index contributed by atoms with van der Waals surface area (Å²) in [6.07, 6.45) is 17.4. The van der Waals surface area contributed by atoms with E-state index in [4.69, 9.17) is 0 Å². The van der Waals surface area contributed by atoms with Crippen LogP contribution in [0.1, 0.15) is 71.1 Å². The lowest BCUT2D eigenvalue weighted by molar-refractivity contribution is 0.139. The van der Waals surface area contributed by atoms with Gasteiger partial charge in [-0.3, -0.25) is 0 Å². The zero-order valence-electron chi connectivity index (χ0n) is 17.2. The number of rotatable bonds is 12. The van der Waals surface area contributed by atoms with Crippen LogP contribution >= 0.6 is 0 Å². The van der Waals surface area contributed by atoms with Crippen molar-refractivity contribution in [2.45, 2.75) is 83.3 Å². The fourth-order valence-corrected chi connectivity index (χ4v) is 4.70. The van der Waals surface area contributed by atoms with Crippen molar-refractivity contribution in [1.82, 2.24) is 4.90 Å². The number of aliphatic hydroxyl groups excluding tert-OH is 2. The highest BCUT2D eigenvalue weighted by Crippen LogP contribution is 2.48. The van der Waals surface area contributed by atoms with Crippen LogP contribution in [-0.2, 0) is 0 Å². The van der Waals surface area contributed by atoms with Gasteiger partial charge < -0.3 is 15.1 Å². The van der Waals surface area contributed by atoms with Crippen molar-refractivity contribution in [2.24, 2.45) is 17.8 Å². The van der Waals surface area contributed by atoms with Gasteiger partial charge in [-0.25, -0.2) is 0 Å². The Morgan fingerprint density at radius 2 is 2.00 bits per heavy atom. The summed E-state index contributed by atoms with van der Waals surface area (Å²) < 4.78 is 0. The summed E-state index contributed by atoms with van der Waals surface area (Å²) in [7, 11) is 4.28. The first-order chi connectivity index (χ1) is 12.5. The number of unbranched alkanes of at least 4 members (excludes halogenated alkanes) is 4. The SMILES string of the molecule is CCCCC[C@@H](O)/C=C\[C@@H]1[C@H]2CC(CCCCCN(C)C)=C[C@H]2C[C@H]1O. The van der Waals surface area contributed by atoms with E-state index in [1.165, 1.54) is 45.1 Å². The van der Waals surface area contributed by atoms with Crippen LogP contribution in [0, 0.1) is 17.8 Å². The molecule has 0 saturated heterocycles. The molecule has 3 nitrogen and oxygen atoms in total. The van der Waals surface area contributed by atoms with E-state index < -0.39 is 0 Å². The molecule has 26 heavy (non-hydrogen) atoms. The van der Waals surface area contributed by atoms with Crippen LogP contribution < -0.4 is 0 Å². The number of aliphatic hydroxyl groups is 2. The Labute approximate surface area is 161 Å². The van der Waals surface area contributed by atoms with E-state index in [-0.39, 0.29) is 18.1 Å². The van der Waals surface area contributed by atoms with Gasteiger partial charge in [-0.1, -0.05) is 56.4 Å². The summed E-state index contributed by atoms with van der Waals surface area (Å²) >= 11 is 0. The third-order valence-corrected chi connectivity index (χ3v) is 6.21. The van der Waals surface area contributed by atoms with E-state index in [2.05, 4.69) is 38.1 Å². The lowest BCUT2D eigenvalue weighted by atomic mass is 9.88. The van der Waals surface area contributed by atoms with Crippen LogP contribution in [0.3, 0.4) is 0 Å². The first-order valence-corrected chi connectivity index (χ1v) is 10.9. The molecule has 0 aliphatic heterocycles. The Balaban J connectivity index is 1.74. The van der Waals surface area contributed by atoms with Crippen LogP contribution in [0.25, 0.3) is 0 Å². The predicted octanol–water partition coefficient (Wildman–Crippen LogP) is 4.55. The van der Waals surface area contributed by atoms with Crippen molar-refractivity contribution in [3.8, 4) is 0 Å². The molecule has 1 saturated carbocycles. The Kier molecular flexibility index (Phi) is 9.38. The Hall–Kier alpha value is -0.640. The van der Waals surface area contributed by atoms with Gasteiger partial charge in [-0.2, -0.15) is 0 Å². The number of allylic oxidation sites excluding steroid dienone is 2. The van der Waals surface area contributed by atoms with Crippen LogP contribution in [0.4, 0.5) is 0 Å². The number of hydrogen-bond acceptors (Lipinski definition) is 3. The van der Waals surface area contributed by atoms with E-state index in [9.17, 15) is 10.2 Å². The Bertz CT molecular complexity index is 457. The van der Waals surface area contributed by atoms with Crippen molar-refractivity contribution < 1.29 is 10.2 Å². The van der Waals surface area contributed by atoms with Gasteiger partial charge in [-0.15, -0.1) is 0 Å². The highest BCUT2D eigenvalue weighted by atomic mass is 16.3. The van der Waals surface area contributed by atoms with Gasteiger partial charge >= 0.3 is 0 Å². The molecule has 0 heterocycles. The monoisotopic (exact) mass is 363 g/mol. The maximum Gasteiger partial charge on any atom is 0.0721 e. The third-order valence-electron chi connectivity index (χ3n) is 6.21. The van der Waals surface area contributed by atoms with Crippen molar-refractivity contribution in [1.29, 1.82) is 0 Å². The van der Waals surface area contributed by atoms with Gasteiger partial charge in [0, 0.05) is 5.92 Å². The lowest BCUT2D eigenvalue weighted by Gasteiger charge is -2.19. The topological polar surface area (TPSA) is 43.7 Å². The molecular weight excluding hydrogens is 322 g/mol. The molecule has 0 aromatic heterocycles. The molecule has 3 heteroatoms. The van der Waals surface area contributed by atoms with E-state index in [1.807, 2.05) is 6.08 Å². The largest absolute Gasteiger partial charge is 0.392 e. The van der Waals surface area contributed by atoms with Crippen molar-refractivity contribution in [2.75, 3.05) is 20.6 Å². The highest BCUT2D eigenvalue weighted by Gasteiger charge is 2.43. The van der Waals surface area contributed by atoms with Crippen molar-refractivity contribution in [3.63, 3.8) is 0 Å². The fourth-order valence-electron chi connectivity index (χ4n) is 4.70. The molecular formula is C23H41NO2. The second-order valence-corrected chi connectivity index (χ2v) is 8.80. The summed E-state index contributed by atoms with van der Waals surface area (Å²) in [5, 5.41) is 20.6. The molecule has 2 rings (SSSR count). The highest BCUT2D eigenvalue weighted by molar-refractivity contribution is 5.20. The van der Waals surface area contributed by atoms with Crippen LogP contribution in [0.5, 0.6) is 0 Å². The zero-order valence-corrected chi connectivity index (χ0v) is 17.2. The molecule has 1 fully saturated rings. The van der Waals surface area contributed by atoms with Crippen molar-refractivity contribution >= 4 is 0 Å². The Morgan fingerprint density at radius 3 is 2.73 bits per heavy atom. The second-order valence-electron chi connectivity index (χ2n) is 8.80. The minimum absolute atomic E-state index is 0.225. The lowest BCUT2D eigenvalue weighted by Crippen LogP contribution is -2.18. The average molecular weight is 364 g/mol. The smallest absolute Gasteiger partial charge is 0.0721 e. The summed E-state index contributed by atoms with van der Waals surface area (Å²) in [5.41, 5.74) is 1.61. The molecule has 150 valence electrons. The third kappa shape index (κ3) is 6.83. The number of nitrogens with zero attached hydrogens (tertiary/aromatic N) is 1. The molecule has 0 unspecified atom stereocenters. The zero-order chi connectivity index (χ0) is 18.9. The van der Waals surface area contributed by atoms with Gasteiger partial charge in [0.2, 0.25) is 0 Å². The fraction of sp³-hybridized carbons (Fsp3) is 0.826. The Morgan fingerprint density at radius 1 is 1.19 bits per heavy atom. The van der Waals surface area contributed by atoms with Gasteiger partial charge in [0.15, 0.2) is 0 Å². The number of fused-ring (bicyclic) bond motifs is 1. The van der Waals surface area contributed by atoms with Gasteiger partial charge in [0.25, 0.3) is 0 Å². The molecule has 5 atom stereocenters. The standard InChI is InChI=1S/C23H41NO2/c1-4-5-7-11-20(25)12-13-21-22-16-18(15-19(22)17-23(21)26)10-8-6-9-14-24(2)3/h12-13,15,19-23,25-26H,4-11,14,16-17H2,1-3H3/b13-12-/t19-,20+,21+,22-,23+/m0/s1. The molecule has 2 aliphatic carbocycles. The normalized spacial score (nSPS) is 29.5. The van der Waals surface area contributed by atoms with Gasteiger partial charge in [-0.05, 0) is 71.0 Å². The predicted molar refractivity (Wildman–Crippen MR) is 110 cm³/mol. The van der Waals surface area contributed by atoms with Gasteiger partial charge in [0.1, 0.15) is 0 Å². The minimum atomic E-state index is -0.349. The van der Waals surface area contributed by atoms with Crippen LogP contribution in [0.2, 0.25) is 0 Å². The average Bonchev–Trinajstić information content (AvgIpc) is 3.09. The molecule has 0 amide bonds. The quantitative estimate of drug-likeness (QED) is 0.395. The van der Waals surface area contributed by atoms with E-state index in [0.29, 0.717) is 11.8 Å². The molecule has 0 aromatic rings. The van der Waals surface area contributed by atoms with E-state index in [1.54, 1.807) is 5.57 Å². The molecule has 0 aromatic carbocycles. The molecule has 0 bridgehead atoms. The first-order valence-electron chi connectivity index (χ1n) is 10.9. The summed E-state index contributed by atoms with van der Waals surface area (Å²) in [5.74, 6) is 1.33. The molecule has 2 N–H and O–H groups in total. The first kappa shape index (κ1) is 21.7. The van der Waals surface area contributed by atoms with E-state index in [0.717, 1.165) is 25.7 Å². The summed E-state index contributed by atoms with van der Waals surface area (Å²) in [6.45, 7) is 3.37. The summed E-state index contributed by atoms with van der Waals surface area (Å²) in [4.78, 5) is 2.26. The molecule has 0 spiro atoms. The summed E-state index contributed by atoms with van der Waals surface area (Å²) in [6, 6.07) is 0. The van der Waals surface area contributed by atoms with Crippen LogP contribution in [-0.4, -0.2) is 48.0 Å². The number of hydrogen-bond donors (Lipinski definition) is 2. The maximum atomic E-state index is 10.4. The molecule has 0 radical (unpaired) electrons. The van der Waals surface area contributed by atoms with E-state index >= 15 is 0 Å². The van der Waals surface area contributed by atoms with Crippen molar-refractivity contribution in [3.05, 3.63) is 23.8 Å².